The van der Waals surface area contributed by atoms with Crippen LogP contribution in [0, 0.1) is 5.92 Å². The third-order valence-corrected chi connectivity index (χ3v) is 3.60. The van der Waals surface area contributed by atoms with Gasteiger partial charge in [-0.3, -0.25) is 4.21 Å². The monoisotopic (exact) mass is 258 g/mol. The van der Waals surface area contributed by atoms with Gasteiger partial charge in [-0.2, -0.15) is 5.10 Å². The van der Waals surface area contributed by atoms with Crippen molar-refractivity contribution in [2.75, 3.05) is 5.75 Å². The number of rotatable bonds is 7. The molecule has 2 unspecified atom stereocenters. The fraction of sp³-hybridized carbons (Fsp3) is 0.818. The molecule has 1 aromatic heterocycles. The van der Waals surface area contributed by atoms with Gasteiger partial charge in [-0.25, -0.2) is 9.67 Å². The van der Waals surface area contributed by atoms with Crippen LogP contribution in [0.15, 0.2) is 6.33 Å². The highest BCUT2D eigenvalue weighted by molar-refractivity contribution is 7.84. The van der Waals surface area contributed by atoms with E-state index in [2.05, 4.69) is 23.9 Å². The average Bonchev–Trinajstić information content (AvgIpc) is 2.62. The molecule has 0 aromatic carbocycles. The van der Waals surface area contributed by atoms with Crippen molar-refractivity contribution in [2.24, 2.45) is 11.7 Å². The van der Waals surface area contributed by atoms with Crippen LogP contribution in [-0.2, 0) is 23.1 Å². The third kappa shape index (κ3) is 5.41. The minimum absolute atomic E-state index is 0.104. The maximum Gasteiger partial charge on any atom is 0.139 e. The molecule has 6 heteroatoms. The largest absolute Gasteiger partial charge is 0.328 e. The molecule has 1 heterocycles. The molecule has 1 rings (SSSR count). The zero-order chi connectivity index (χ0) is 12.8. The number of hydrogen-bond acceptors (Lipinski definition) is 4. The van der Waals surface area contributed by atoms with Gasteiger partial charge in [-0.15, -0.1) is 0 Å². The molecule has 98 valence electrons. The molecule has 2 N–H and O–H groups in total. The lowest BCUT2D eigenvalue weighted by atomic mass is 10.2. The fourth-order valence-electron chi connectivity index (χ4n) is 1.43. The number of nitrogens with zero attached hydrogens (tertiary/aromatic N) is 3. The molecule has 0 aliphatic carbocycles. The van der Waals surface area contributed by atoms with Crippen molar-refractivity contribution in [3.05, 3.63) is 12.2 Å². The molecule has 2 atom stereocenters. The van der Waals surface area contributed by atoms with Gasteiger partial charge in [0, 0.05) is 29.1 Å². The Morgan fingerprint density at radius 1 is 1.47 bits per heavy atom. The van der Waals surface area contributed by atoms with Crippen LogP contribution in [0.1, 0.15) is 33.0 Å². The molecule has 0 amide bonds. The third-order valence-electron chi connectivity index (χ3n) is 2.32. The van der Waals surface area contributed by atoms with E-state index in [1.807, 2.05) is 11.6 Å². The fourth-order valence-corrected chi connectivity index (χ4v) is 2.72. The predicted molar refractivity (Wildman–Crippen MR) is 69.8 cm³/mol. The molecule has 0 spiro atoms. The van der Waals surface area contributed by atoms with Crippen LogP contribution >= 0.6 is 0 Å². The van der Waals surface area contributed by atoms with Gasteiger partial charge >= 0.3 is 0 Å². The van der Waals surface area contributed by atoms with Crippen LogP contribution in [0.25, 0.3) is 0 Å². The summed E-state index contributed by atoms with van der Waals surface area (Å²) in [7, 11) is -0.898. The molecular weight excluding hydrogens is 236 g/mol. The predicted octanol–water partition coefficient (Wildman–Crippen LogP) is 0.920. The summed E-state index contributed by atoms with van der Waals surface area (Å²) in [6.07, 6.45) is 2.31. The normalized spacial score (nSPS) is 15.1. The van der Waals surface area contributed by atoms with E-state index in [9.17, 15) is 4.21 Å². The smallest absolute Gasteiger partial charge is 0.139 e. The Hall–Kier alpha value is -0.750. The van der Waals surface area contributed by atoms with Gasteiger partial charge in [0.25, 0.3) is 0 Å². The molecule has 0 fully saturated rings. The Morgan fingerprint density at radius 3 is 2.76 bits per heavy atom. The molecule has 5 nitrogen and oxygen atoms in total. The first-order valence-corrected chi connectivity index (χ1v) is 7.45. The second kappa shape index (κ2) is 6.86. The van der Waals surface area contributed by atoms with Crippen molar-refractivity contribution in [2.45, 2.75) is 45.5 Å². The SMILES string of the molecule is CC(C)Cn1ncnc1CS(=O)CCC(C)N. The molecule has 0 bridgehead atoms. The standard InChI is InChI=1S/C11H22N4OS/c1-9(2)6-15-11(13-8-14-15)7-17(16)5-4-10(3)12/h8-10H,4-7,12H2,1-3H3. The van der Waals surface area contributed by atoms with Crippen LogP contribution in [0.5, 0.6) is 0 Å². The Labute approximate surface area is 105 Å². The van der Waals surface area contributed by atoms with E-state index in [0.717, 1.165) is 18.8 Å². The van der Waals surface area contributed by atoms with Gasteiger partial charge in [0.1, 0.15) is 12.2 Å². The van der Waals surface area contributed by atoms with Crippen LogP contribution in [0.2, 0.25) is 0 Å². The Kier molecular flexibility index (Phi) is 5.77. The minimum Gasteiger partial charge on any atom is -0.328 e. The van der Waals surface area contributed by atoms with E-state index < -0.39 is 10.8 Å². The molecular formula is C11H22N4OS. The lowest BCUT2D eigenvalue weighted by molar-refractivity contribution is 0.471. The lowest BCUT2D eigenvalue weighted by Crippen LogP contribution is -2.19. The molecule has 0 saturated carbocycles. The molecule has 17 heavy (non-hydrogen) atoms. The summed E-state index contributed by atoms with van der Waals surface area (Å²) in [6, 6.07) is 0.104. The van der Waals surface area contributed by atoms with Gasteiger partial charge in [0.05, 0.1) is 5.75 Å². The summed E-state index contributed by atoms with van der Waals surface area (Å²) in [6.45, 7) is 7.00. The van der Waals surface area contributed by atoms with Gasteiger partial charge < -0.3 is 5.73 Å². The van der Waals surface area contributed by atoms with E-state index in [-0.39, 0.29) is 6.04 Å². The van der Waals surface area contributed by atoms with E-state index in [4.69, 9.17) is 5.73 Å². The average molecular weight is 258 g/mol. The second-order valence-corrected chi connectivity index (χ2v) is 6.38. The molecule has 0 aliphatic heterocycles. The van der Waals surface area contributed by atoms with E-state index in [0.29, 0.717) is 17.4 Å². The molecule has 1 aromatic rings. The van der Waals surface area contributed by atoms with E-state index in [1.165, 1.54) is 6.33 Å². The highest BCUT2D eigenvalue weighted by atomic mass is 32.2. The quantitative estimate of drug-likeness (QED) is 0.789. The first kappa shape index (κ1) is 14.3. The van der Waals surface area contributed by atoms with Gasteiger partial charge in [0.2, 0.25) is 0 Å². The molecule has 0 aliphatic rings. The summed E-state index contributed by atoms with van der Waals surface area (Å²) < 4.78 is 13.7. The number of nitrogens with two attached hydrogens (primary N) is 1. The maximum atomic E-state index is 11.8. The summed E-state index contributed by atoms with van der Waals surface area (Å²) in [5.41, 5.74) is 5.64. The molecule has 0 radical (unpaired) electrons. The molecule has 0 saturated heterocycles. The van der Waals surface area contributed by atoms with Gasteiger partial charge in [0.15, 0.2) is 0 Å². The first-order chi connectivity index (χ1) is 7.99. The second-order valence-electron chi connectivity index (χ2n) is 4.81. The Morgan fingerprint density at radius 2 is 2.18 bits per heavy atom. The van der Waals surface area contributed by atoms with Crippen molar-refractivity contribution in [3.63, 3.8) is 0 Å². The van der Waals surface area contributed by atoms with Crippen molar-refractivity contribution < 1.29 is 4.21 Å². The van der Waals surface area contributed by atoms with Crippen LogP contribution in [-0.4, -0.2) is 30.8 Å². The van der Waals surface area contributed by atoms with Crippen molar-refractivity contribution in [3.8, 4) is 0 Å². The van der Waals surface area contributed by atoms with Gasteiger partial charge in [-0.05, 0) is 19.3 Å². The zero-order valence-corrected chi connectivity index (χ0v) is 11.6. The number of hydrogen-bond donors (Lipinski definition) is 1. The highest BCUT2D eigenvalue weighted by Crippen LogP contribution is 2.05. The van der Waals surface area contributed by atoms with Crippen LogP contribution < -0.4 is 5.73 Å². The highest BCUT2D eigenvalue weighted by Gasteiger charge is 2.10. The summed E-state index contributed by atoms with van der Waals surface area (Å²) in [5, 5.41) is 4.15. The Balaban J connectivity index is 2.50. The minimum atomic E-state index is -0.898. The van der Waals surface area contributed by atoms with Crippen molar-refractivity contribution in [1.29, 1.82) is 0 Å². The summed E-state index contributed by atoms with van der Waals surface area (Å²) >= 11 is 0. The van der Waals surface area contributed by atoms with Gasteiger partial charge in [-0.1, -0.05) is 13.8 Å². The lowest BCUT2D eigenvalue weighted by Gasteiger charge is -2.09. The maximum absolute atomic E-state index is 11.8. The van der Waals surface area contributed by atoms with E-state index >= 15 is 0 Å². The summed E-state index contributed by atoms with van der Waals surface area (Å²) in [4.78, 5) is 4.16. The number of aromatic nitrogens is 3. The topological polar surface area (TPSA) is 73.8 Å². The van der Waals surface area contributed by atoms with Crippen molar-refractivity contribution >= 4 is 10.8 Å². The van der Waals surface area contributed by atoms with Crippen LogP contribution in [0.4, 0.5) is 0 Å². The van der Waals surface area contributed by atoms with E-state index in [1.54, 1.807) is 0 Å². The first-order valence-electron chi connectivity index (χ1n) is 5.96. The summed E-state index contributed by atoms with van der Waals surface area (Å²) in [5.74, 6) is 2.42. The zero-order valence-electron chi connectivity index (χ0n) is 10.8. The Bertz CT molecular complexity index is 362. The van der Waals surface area contributed by atoms with Crippen LogP contribution in [0.3, 0.4) is 0 Å². The van der Waals surface area contributed by atoms with Crippen molar-refractivity contribution in [1.82, 2.24) is 14.8 Å².